The van der Waals surface area contributed by atoms with Gasteiger partial charge in [0.15, 0.2) is 0 Å². The van der Waals surface area contributed by atoms with Crippen molar-refractivity contribution in [2.45, 2.75) is 52.2 Å². The maximum absolute atomic E-state index is 13.4. The summed E-state index contributed by atoms with van der Waals surface area (Å²) in [6.45, 7) is 7.08. The molecule has 4 rings (SSSR count). The van der Waals surface area contributed by atoms with Gasteiger partial charge in [0, 0.05) is 13.2 Å². The van der Waals surface area contributed by atoms with Crippen LogP contribution < -0.4 is 16.6 Å². The highest BCUT2D eigenvalue weighted by Gasteiger charge is 2.23. The lowest BCUT2D eigenvalue weighted by atomic mass is 10.0. The Hall–Kier alpha value is -3.52. The lowest BCUT2D eigenvalue weighted by Gasteiger charge is -2.15. The highest BCUT2D eigenvalue weighted by Crippen LogP contribution is 2.16. The van der Waals surface area contributed by atoms with Gasteiger partial charge in [0.1, 0.15) is 0 Å². The normalized spacial score (nSPS) is 15.6. The van der Waals surface area contributed by atoms with Crippen molar-refractivity contribution in [3.8, 4) is 5.69 Å². The molecule has 0 saturated carbocycles. The molecule has 34 heavy (non-hydrogen) atoms. The van der Waals surface area contributed by atoms with E-state index in [1.165, 1.54) is 0 Å². The van der Waals surface area contributed by atoms with Gasteiger partial charge in [-0.3, -0.25) is 14.2 Å². The first-order valence-electron chi connectivity index (χ1n) is 11.6. The number of amides is 1. The fourth-order valence-corrected chi connectivity index (χ4v) is 4.02. The Kier molecular flexibility index (Phi) is 7.07. The first kappa shape index (κ1) is 23.6. The van der Waals surface area contributed by atoms with E-state index < -0.39 is 17.2 Å². The third-order valence-corrected chi connectivity index (χ3v) is 6.18. The maximum atomic E-state index is 13.4. The molecule has 1 fully saturated rings. The largest absolute Gasteiger partial charge is 0.376 e. The number of nitrogens with one attached hydrogen (secondary N) is 1. The van der Waals surface area contributed by atoms with Crippen LogP contribution in [0.3, 0.4) is 0 Å². The third-order valence-electron chi connectivity index (χ3n) is 6.18. The number of aromatic nitrogens is 3. The molecule has 0 aliphatic carbocycles. The molecule has 1 saturated heterocycles. The first-order chi connectivity index (χ1) is 16.3. The Bertz CT molecular complexity index is 1290. The van der Waals surface area contributed by atoms with Crippen molar-refractivity contribution in [1.82, 2.24) is 19.7 Å². The Balaban J connectivity index is 1.77. The number of nitrogens with zero attached hydrogens (tertiary/aromatic N) is 3. The van der Waals surface area contributed by atoms with E-state index in [0.29, 0.717) is 24.8 Å². The van der Waals surface area contributed by atoms with Crippen LogP contribution in [-0.2, 0) is 11.3 Å². The number of hydrogen-bond donors (Lipinski definition) is 1. The molecule has 0 unspecified atom stereocenters. The second-order valence-electron chi connectivity index (χ2n) is 8.95. The van der Waals surface area contributed by atoms with E-state index in [9.17, 15) is 14.4 Å². The van der Waals surface area contributed by atoms with Gasteiger partial charge in [0.2, 0.25) is 5.69 Å². The van der Waals surface area contributed by atoms with Crippen molar-refractivity contribution in [2.24, 2.45) is 0 Å². The Morgan fingerprint density at radius 2 is 1.88 bits per heavy atom. The lowest BCUT2D eigenvalue weighted by molar-refractivity contribution is 0.0849. The van der Waals surface area contributed by atoms with E-state index in [1.54, 1.807) is 12.1 Å². The average molecular weight is 463 g/mol. The van der Waals surface area contributed by atoms with E-state index in [1.807, 2.05) is 43.3 Å². The summed E-state index contributed by atoms with van der Waals surface area (Å²) in [6.07, 6.45) is 1.72. The molecular formula is C26H30N4O4. The molecule has 8 heteroatoms. The predicted octanol–water partition coefficient (Wildman–Crippen LogP) is 2.78. The van der Waals surface area contributed by atoms with E-state index in [0.717, 1.165) is 38.8 Å². The number of carbonyl (C=O) groups is 1. The van der Waals surface area contributed by atoms with Crippen molar-refractivity contribution < 1.29 is 9.53 Å². The molecule has 2 aromatic carbocycles. The monoisotopic (exact) mass is 462 g/mol. The zero-order chi connectivity index (χ0) is 24.2. The SMILES string of the molecule is Cc1ccccc1Cn1c(=O)c(C(=O)NC[C@@H]2CCCO2)nn(-c2ccc(C(C)C)cc2)c1=O. The van der Waals surface area contributed by atoms with Gasteiger partial charge in [-0.2, -0.15) is 9.78 Å². The molecule has 1 atom stereocenters. The molecule has 178 valence electrons. The van der Waals surface area contributed by atoms with Crippen LogP contribution in [0.2, 0.25) is 0 Å². The predicted molar refractivity (Wildman–Crippen MR) is 130 cm³/mol. The van der Waals surface area contributed by atoms with Crippen LogP contribution in [-0.4, -0.2) is 39.5 Å². The molecule has 0 radical (unpaired) electrons. The molecule has 1 aromatic heterocycles. The minimum atomic E-state index is -0.715. The summed E-state index contributed by atoms with van der Waals surface area (Å²) in [5, 5.41) is 6.96. The third kappa shape index (κ3) is 5.02. The summed E-state index contributed by atoms with van der Waals surface area (Å²) in [5.41, 5.74) is 1.73. The second-order valence-corrected chi connectivity index (χ2v) is 8.95. The Morgan fingerprint density at radius 1 is 1.15 bits per heavy atom. The second kappa shape index (κ2) is 10.2. The van der Waals surface area contributed by atoms with Gasteiger partial charge in [0.05, 0.1) is 18.3 Å². The van der Waals surface area contributed by atoms with Crippen LogP contribution in [0.15, 0.2) is 58.1 Å². The van der Waals surface area contributed by atoms with Crippen molar-refractivity contribution in [3.05, 3.63) is 91.8 Å². The average Bonchev–Trinajstić information content (AvgIpc) is 3.35. The molecule has 0 spiro atoms. The van der Waals surface area contributed by atoms with Gasteiger partial charge in [-0.1, -0.05) is 50.2 Å². The summed E-state index contributed by atoms with van der Waals surface area (Å²) < 4.78 is 7.76. The topological polar surface area (TPSA) is 95.2 Å². The lowest BCUT2D eigenvalue weighted by Crippen LogP contribution is -2.46. The van der Waals surface area contributed by atoms with Crippen molar-refractivity contribution in [2.75, 3.05) is 13.2 Å². The number of rotatable bonds is 7. The van der Waals surface area contributed by atoms with E-state index in [4.69, 9.17) is 4.74 Å². The Labute approximate surface area is 198 Å². The van der Waals surface area contributed by atoms with E-state index in [2.05, 4.69) is 24.3 Å². The van der Waals surface area contributed by atoms with Crippen LogP contribution in [0.4, 0.5) is 0 Å². The summed E-state index contributed by atoms with van der Waals surface area (Å²) in [7, 11) is 0. The van der Waals surface area contributed by atoms with Crippen LogP contribution in [0, 0.1) is 6.92 Å². The molecule has 1 aliphatic heterocycles. The summed E-state index contributed by atoms with van der Waals surface area (Å²) in [5.74, 6) is -0.292. The zero-order valence-electron chi connectivity index (χ0n) is 19.8. The minimum Gasteiger partial charge on any atom is -0.376 e. The molecule has 1 amide bonds. The van der Waals surface area contributed by atoms with Gasteiger partial charge in [-0.25, -0.2) is 4.79 Å². The van der Waals surface area contributed by atoms with E-state index in [-0.39, 0.29) is 18.3 Å². The van der Waals surface area contributed by atoms with Gasteiger partial charge in [0.25, 0.3) is 11.5 Å². The number of benzene rings is 2. The fourth-order valence-electron chi connectivity index (χ4n) is 4.02. The molecule has 2 heterocycles. The molecule has 0 bridgehead atoms. The van der Waals surface area contributed by atoms with Gasteiger partial charge < -0.3 is 10.1 Å². The van der Waals surface area contributed by atoms with Crippen LogP contribution in [0.5, 0.6) is 0 Å². The van der Waals surface area contributed by atoms with Crippen molar-refractivity contribution in [3.63, 3.8) is 0 Å². The van der Waals surface area contributed by atoms with Gasteiger partial charge in [-0.05, 0) is 54.5 Å². The van der Waals surface area contributed by atoms with Crippen molar-refractivity contribution in [1.29, 1.82) is 0 Å². The molecule has 8 nitrogen and oxygen atoms in total. The number of hydrogen-bond acceptors (Lipinski definition) is 5. The Morgan fingerprint density at radius 3 is 2.53 bits per heavy atom. The highest BCUT2D eigenvalue weighted by atomic mass is 16.5. The summed E-state index contributed by atoms with van der Waals surface area (Å²) in [6, 6.07) is 14.9. The standard InChI is InChI=1S/C26H30N4O4/c1-17(2)19-10-12-21(13-11-19)30-26(33)29(16-20-8-5-4-7-18(20)3)25(32)23(28-30)24(31)27-15-22-9-6-14-34-22/h4-5,7-8,10-13,17,22H,6,9,14-16H2,1-3H3,(H,27,31)/t22-/m0/s1. The zero-order valence-corrected chi connectivity index (χ0v) is 19.8. The fraction of sp³-hybridized carbons (Fsp3) is 0.385. The molecule has 1 aliphatic rings. The number of aryl methyl sites for hydroxylation is 1. The van der Waals surface area contributed by atoms with Crippen LogP contribution >= 0.6 is 0 Å². The highest BCUT2D eigenvalue weighted by molar-refractivity contribution is 5.91. The van der Waals surface area contributed by atoms with Crippen molar-refractivity contribution >= 4 is 5.91 Å². The molecule has 1 N–H and O–H groups in total. The number of ether oxygens (including phenoxy) is 1. The van der Waals surface area contributed by atoms with Gasteiger partial charge >= 0.3 is 5.69 Å². The van der Waals surface area contributed by atoms with Crippen LogP contribution in [0.1, 0.15) is 59.8 Å². The van der Waals surface area contributed by atoms with Crippen LogP contribution in [0.25, 0.3) is 5.69 Å². The minimum absolute atomic E-state index is 0.0446. The maximum Gasteiger partial charge on any atom is 0.352 e. The van der Waals surface area contributed by atoms with E-state index >= 15 is 0 Å². The smallest absolute Gasteiger partial charge is 0.352 e. The quantitative estimate of drug-likeness (QED) is 0.583. The molecular weight excluding hydrogens is 432 g/mol. The summed E-state index contributed by atoms with van der Waals surface area (Å²) in [4.78, 5) is 39.6. The first-order valence-corrected chi connectivity index (χ1v) is 11.6. The molecule has 3 aromatic rings. The number of carbonyl (C=O) groups excluding carboxylic acids is 1. The van der Waals surface area contributed by atoms with Gasteiger partial charge in [-0.15, -0.1) is 0 Å². The summed E-state index contributed by atoms with van der Waals surface area (Å²) >= 11 is 0.